The van der Waals surface area contributed by atoms with Gasteiger partial charge in [-0.05, 0) is 32.8 Å². The third kappa shape index (κ3) is 6.11. The Morgan fingerprint density at radius 2 is 1.39 bits per heavy atom. The second-order valence-corrected chi connectivity index (χ2v) is 7.02. The molecule has 0 aliphatic rings. The van der Waals surface area contributed by atoms with E-state index >= 15 is 0 Å². The maximum atomic E-state index is 11.3. The Kier molecular flexibility index (Phi) is 6.89. The van der Waals surface area contributed by atoms with Crippen molar-refractivity contribution in [2.45, 2.75) is 34.1 Å². The van der Waals surface area contributed by atoms with Crippen LogP contribution >= 0.6 is 7.60 Å². The molecule has 0 spiro atoms. The highest BCUT2D eigenvalue weighted by Gasteiger charge is 2.28. The smallest absolute Gasteiger partial charge is 0.319 e. The number of rotatable bonds is 3. The minimum absolute atomic E-state index is 0.114. The first-order chi connectivity index (χ1) is 10.6. The molecule has 2 aromatic rings. The zero-order valence-corrected chi connectivity index (χ0v) is 14.8. The number of carbonyl (C=O) groups excluding carboxylic acids is 1. The van der Waals surface area contributed by atoms with Crippen LogP contribution in [-0.4, -0.2) is 15.3 Å². The van der Waals surface area contributed by atoms with Gasteiger partial charge in [0.15, 0.2) is 0 Å². The van der Waals surface area contributed by atoms with Crippen LogP contribution in [0.2, 0.25) is 0 Å². The summed E-state index contributed by atoms with van der Waals surface area (Å²) >= 11 is 0. The van der Waals surface area contributed by atoms with Crippen LogP contribution in [0.25, 0.3) is 0 Å². The minimum atomic E-state index is -4.66. The summed E-state index contributed by atoms with van der Waals surface area (Å²) in [5.74, 6) is 0. The lowest BCUT2D eigenvalue weighted by Crippen LogP contribution is -2.03. The van der Waals surface area contributed by atoms with Crippen LogP contribution in [-0.2, 0) is 11.0 Å². The number of benzene rings is 2. The second kappa shape index (κ2) is 8.21. The number of hydrogen-bond acceptors (Lipinski definition) is 2. The van der Waals surface area contributed by atoms with E-state index in [2.05, 4.69) is 39.0 Å². The maximum Gasteiger partial charge on any atom is 0.396 e. The molecule has 2 aromatic carbocycles. The molecule has 0 amide bonds. The average Bonchev–Trinajstić information content (AvgIpc) is 2.44. The molecule has 5 heteroatoms. The van der Waals surface area contributed by atoms with Gasteiger partial charge in [-0.25, -0.2) is 0 Å². The Morgan fingerprint density at radius 3 is 1.78 bits per heavy atom. The number of aryl methyl sites for hydroxylation is 4. The van der Waals surface area contributed by atoms with Gasteiger partial charge in [0.2, 0.25) is 0 Å². The molecule has 0 bridgehead atoms. The lowest BCUT2D eigenvalue weighted by atomic mass is 10.1. The lowest BCUT2D eigenvalue weighted by molar-refractivity contribution is 0.104. The van der Waals surface area contributed by atoms with E-state index in [4.69, 9.17) is 9.79 Å². The number of carbonyl (C=O) groups is 1. The van der Waals surface area contributed by atoms with E-state index in [0.717, 1.165) is 0 Å². The average molecular weight is 334 g/mol. The van der Waals surface area contributed by atoms with E-state index in [1.165, 1.54) is 22.8 Å². The Balaban J connectivity index is 0.000000253. The van der Waals surface area contributed by atoms with Gasteiger partial charge in [0.25, 0.3) is 5.52 Å². The molecule has 0 radical (unpaired) electrons. The second-order valence-electron chi connectivity index (χ2n) is 5.52. The summed E-state index contributed by atoms with van der Waals surface area (Å²) in [6.07, 6.45) is 0.571. The monoisotopic (exact) mass is 334 g/mol. The molecule has 0 saturated heterocycles. The normalized spacial score (nSPS) is 10.7. The van der Waals surface area contributed by atoms with E-state index in [1.54, 1.807) is 18.2 Å². The summed E-state index contributed by atoms with van der Waals surface area (Å²) in [6.45, 7) is 8.20. The highest BCUT2D eigenvalue weighted by Crippen LogP contribution is 2.39. The van der Waals surface area contributed by atoms with Gasteiger partial charge in [0.1, 0.15) is 0 Å². The molecule has 0 aliphatic heterocycles. The summed E-state index contributed by atoms with van der Waals surface area (Å²) in [5, 5.41) is 0. The van der Waals surface area contributed by atoms with Crippen LogP contribution in [0, 0.1) is 20.8 Å². The van der Waals surface area contributed by atoms with E-state index in [9.17, 15) is 9.36 Å². The summed E-state index contributed by atoms with van der Waals surface area (Å²) < 4.78 is 10.7. The van der Waals surface area contributed by atoms with Crippen molar-refractivity contribution in [3.63, 3.8) is 0 Å². The summed E-state index contributed by atoms with van der Waals surface area (Å²) in [5.41, 5.74) is 3.73. The van der Waals surface area contributed by atoms with Gasteiger partial charge in [-0.15, -0.1) is 0 Å². The van der Waals surface area contributed by atoms with E-state index in [1.807, 2.05) is 6.92 Å². The van der Waals surface area contributed by atoms with Crippen molar-refractivity contribution in [2.75, 3.05) is 0 Å². The van der Waals surface area contributed by atoms with Crippen LogP contribution in [0.1, 0.15) is 39.5 Å². The van der Waals surface area contributed by atoms with E-state index in [-0.39, 0.29) is 5.56 Å². The summed E-state index contributed by atoms with van der Waals surface area (Å²) in [6, 6.07) is 13.0. The standard InChI is InChI=1S/C9H11O4P.C9H12/c1-2-7-5-3-4-6-8(7)9(10)14(11,12)13;1-7-4-8(2)6-9(3)5-7/h3-6H,2H2,1H3,(H2,11,12,13);4-6H,1-3H3. The predicted octanol–water partition coefficient (Wildman–Crippen LogP) is 4.18. The molecule has 0 unspecified atom stereocenters. The molecule has 0 atom stereocenters. The molecule has 124 valence electrons. The minimum Gasteiger partial charge on any atom is -0.319 e. The summed E-state index contributed by atoms with van der Waals surface area (Å²) in [7, 11) is -4.66. The molecule has 4 nitrogen and oxygen atoms in total. The van der Waals surface area contributed by atoms with Gasteiger partial charge in [0, 0.05) is 5.56 Å². The Labute approximate surface area is 137 Å². The zero-order valence-electron chi connectivity index (χ0n) is 13.9. The molecule has 23 heavy (non-hydrogen) atoms. The lowest BCUT2D eigenvalue weighted by Gasteiger charge is -2.06. The number of hydrogen-bond donors (Lipinski definition) is 2. The van der Waals surface area contributed by atoms with Crippen molar-refractivity contribution < 1.29 is 19.1 Å². The van der Waals surface area contributed by atoms with Crippen LogP contribution < -0.4 is 0 Å². The van der Waals surface area contributed by atoms with Crippen LogP contribution in [0.5, 0.6) is 0 Å². The van der Waals surface area contributed by atoms with Crippen LogP contribution in [0.4, 0.5) is 0 Å². The predicted molar refractivity (Wildman–Crippen MR) is 92.8 cm³/mol. The Bertz CT molecular complexity index is 681. The largest absolute Gasteiger partial charge is 0.396 e. The molecule has 0 fully saturated rings. The van der Waals surface area contributed by atoms with Crippen molar-refractivity contribution in [3.05, 3.63) is 70.3 Å². The molecule has 0 aromatic heterocycles. The molecule has 2 N–H and O–H groups in total. The van der Waals surface area contributed by atoms with Gasteiger partial charge in [0.05, 0.1) is 0 Å². The third-order valence-electron chi connectivity index (χ3n) is 3.26. The Morgan fingerprint density at radius 1 is 0.957 bits per heavy atom. The maximum absolute atomic E-state index is 11.3. The topological polar surface area (TPSA) is 74.6 Å². The van der Waals surface area contributed by atoms with E-state index in [0.29, 0.717) is 12.0 Å². The van der Waals surface area contributed by atoms with Crippen molar-refractivity contribution >= 4 is 13.1 Å². The van der Waals surface area contributed by atoms with Crippen molar-refractivity contribution in [1.82, 2.24) is 0 Å². The molecule has 0 aliphatic carbocycles. The van der Waals surface area contributed by atoms with Crippen molar-refractivity contribution in [2.24, 2.45) is 0 Å². The SMILES string of the molecule is CCc1ccccc1C(=O)P(=O)(O)O.Cc1cc(C)cc(C)c1. The van der Waals surface area contributed by atoms with Crippen LogP contribution in [0.15, 0.2) is 42.5 Å². The fraction of sp³-hybridized carbons (Fsp3) is 0.278. The van der Waals surface area contributed by atoms with Gasteiger partial charge in [-0.3, -0.25) is 9.36 Å². The fourth-order valence-corrected chi connectivity index (χ4v) is 2.93. The van der Waals surface area contributed by atoms with Gasteiger partial charge in [-0.2, -0.15) is 0 Å². The van der Waals surface area contributed by atoms with Gasteiger partial charge in [-0.1, -0.05) is 66.1 Å². The first-order valence-corrected chi connectivity index (χ1v) is 8.99. The fourth-order valence-electron chi connectivity index (χ4n) is 2.40. The Hall–Kier alpha value is -1.74. The van der Waals surface area contributed by atoms with Crippen LogP contribution in [0.3, 0.4) is 0 Å². The first kappa shape index (κ1) is 19.3. The third-order valence-corrected chi connectivity index (χ3v) is 4.03. The molecule has 0 saturated carbocycles. The highest BCUT2D eigenvalue weighted by atomic mass is 31.2. The molecular formula is C18H23O4P. The van der Waals surface area contributed by atoms with Crippen molar-refractivity contribution in [1.29, 1.82) is 0 Å². The van der Waals surface area contributed by atoms with Crippen molar-refractivity contribution in [3.8, 4) is 0 Å². The molecule has 0 heterocycles. The molecular weight excluding hydrogens is 311 g/mol. The summed E-state index contributed by atoms with van der Waals surface area (Å²) in [4.78, 5) is 28.7. The quantitative estimate of drug-likeness (QED) is 0.826. The zero-order chi connectivity index (χ0) is 17.6. The highest BCUT2D eigenvalue weighted by molar-refractivity contribution is 7.70. The van der Waals surface area contributed by atoms with E-state index < -0.39 is 13.1 Å². The molecule has 2 rings (SSSR count). The van der Waals surface area contributed by atoms with Gasteiger partial charge < -0.3 is 9.79 Å². The van der Waals surface area contributed by atoms with Gasteiger partial charge >= 0.3 is 7.60 Å². The first-order valence-electron chi connectivity index (χ1n) is 7.38.